The van der Waals surface area contributed by atoms with E-state index in [0.29, 0.717) is 0 Å². The highest BCUT2D eigenvalue weighted by molar-refractivity contribution is 6.31. The predicted molar refractivity (Wildman–Crippen MR) is 60.4 cm³/mol. The van der Waals surface area contributed by atoms with Gasteiger partial charge in [-0.3, -0.25) is 0 Å². The van der Waals surface area contributed by atoms with Gasteiger partial charge in [0.25, 0.3) is 0 Å². The number of ether oxygens (including phenoxy) is 1. The maximum atomic E-state index is 5.99. The van der Waals surface area contributed by atoms with Crippen molar-refractivity contribution in [2.45, 2.75) is 6.42 Å². The number of H-pyrrole nitrogens is 1. The fourth-order valence-corrected chi connectivity index (χ4v) is 2.13. The third-order valence-corrected chi connectivity index (χ3v) is 2.91. The number of halogens is 1. The second-order valence-electron chi connectivity index (χ2n) is 3.62. The molecule has 3 rings (SSSR count). The Hall–Kier alpha value is -1.41. The van der Waals surface area contributed by atoms with Gasteiger partial charge in [0.2, 0.25) is 0 Å². The van der Waals surface area contributed by atoms with Crippen molar-refractivity contribution in [3.8, 4) is 17.0 Å². The SMILES string of the molecule is Clc1ccc2c(c1)-c1[nH]ccc1CCO2. The van der Waals surface area contributed by atoms with E-state index in [1.165, 1.54) is 5.56 Å². The molecule has 1 N–H and O–H groups in total. The van der Waals surface area contributed by atoms with Crippen LogP contribution in [0.2, 0.25) is 5.02 Å². The first-order valence-electron chi connectivity index (χ1n) is 4.93. The van der Waals surface area contributed by atoms with Crippen LogP contribution in [-0.2, 0) is 6.42 Å². The summed E-state index contributed by atoms with van der Waals surface area (Å²) in [5, 5.41) is 0.736. The number of aromatic nitrogens is 1. The first-order chi connectivity index (χ1) is 7.34. The molecule has 1 aliphatic rings. The van der Waals surface area contributed by atoms with Crippen molar-refractivity contribution in [1.29, 1.82) is 0 Å². The normalized spacial score (nSPS) is 13.7. The monoisotopic (exact) mass is 219 g/mol. The zero-order chi connectivity index (χ0) is 10.3. The number of fused-ring (bicyclic) bond motifs is 3. The maximum Gasteiger partial charge on any atom is 0.128 e. The number of hydrogen-bond acceptors (Lipinski definition) is 1. The molecule has 3 heteroatoms. The molecule has 1 aliphatic heterocycles. The highest BCUT2D eigenvalue weighted by Crippen LogP contribution is 2.35. The third kappa shape index (κ3) is 1.41. The molecule has 0 saturated carbocycles. The highest BCUT2D eigenvalue weighted by Gasteiger charge is 2.16. The summed E-state index contributed by atoms with van der Waals surface area (Å²) in [7, 11) is 0. The summed E-state index contributed by atoms with van der Waals surface area (Å²) < 4.78 is 5.67. The molecule has 2 nitrogen and oxygen atoms in total. The van der Waals surface area contributed by atoms with Crippen LogP contribution in [0, 0.1) is 0 Å². The number of hydrogen-bond donors (Lipinski definition) is 1. The molecule has 0 radical (unpaired) electrons. The summed E-state index contributed by atoms with van der Waals surface area (Å²) in [6.07, 6.45) is 2.89. The average Bonchev–Trinajstić information content (AvgIpc) is 2.62. The fourth-order valence-electron chi connectivity index (χ4n) is 1.96. The molecule has 15 heavy (non-hydrogen) atoms. The molecule has 0 bridgehead atoms. The molecule has 0 unspecified atom stereocenters. The summed E-state index contributed by atoms with van der Waals surface area (Å²) in [5.41, 5.74) is 3.47. The number of aromatic amines is 1. The Morgan fingerprint density at radius 3 is 3.13 bits per heavy atom. The van der Waals surface area contributed by atoms with Crippen molar-refractivity contribution in [1.82, 2.24) is 4.98 Å². The Balaban J connectivity index is 2.27. The Morgan fingerprint density at radius 1 is 1.27 bits per heavy atom. The van der Waals surface area contributed by atoms with Gasteiger partial charge in [-0.05, 0) is 29.8 Å². The molecule has 0 aliphatic carbocycles. The summed E-state index contributed by atoms with van der Waals surface area (Å²) in [6.45, 7) is 0.722. The first kappa shape index (κ1) is 8.86. The number of benzene rings is 1. The van der Waals surface area contributed by atoms with Gasteiger partial charge in [0.1, 0.15) is 5.75 Å². The van der Waals surface area contributed by atoms with E-state index in [0.717, 1.165) is 35.1 Å². The van der Waals surface area contributed by atoms with Gasteiger partial charge in [0.15, 0.2) is 0 Å². The minimum atomic E-state index is 0.722. The quantitative estimate of drug-likeness (QED) is 0.723. The Labute approximate surface area is 92.8 Å². The molecular weight excluding hydrogens is 210 g/mol. The zero-order valence-corrected chi connectivity index (χ0v) is 8.84. The minimum Gasteiger partial charge on any atom is -0.493 e. The van der Waals surface area contributed by atoms with Crippen molar-refractivity contribution in [2.24, 2.45) is 0 Å². The topological polar surface area (TPSA) is 25.0 Å². The summed E-state index contributed by atoms with van der Waals surface area (Å²) in [5.74, 6) is 0.903. The van der Waals surface area contributed by atoms with E-state index in [-0.39, 0.29) is 0 Å². The second kappa shape index (κ2) is 3.31. The van der Waals surface area contributed by atoms with Crippen molar-refractivity contribution < 1.29 is 4.74 Å². The lowest BCUT2D eigenvalue weighted by molar-refractivity contribution is 0.326. The average molecular weight is 220 g/mol. The van der Waals surface area contributed by atoms with E-state index in [9.17, 15) is 0 Å². The number of nitrogens with one attached hydrogen (secondary N) is 1. The number of rotatable bonds is 0. The van der Waals surface area contributed by atoms with Gasteiger partial charge in [-0.1, -0.05) is 11.6 Å². The minimum absolute atomic E-state index is 0.722. The van der Waals surface area contributed by atoms with Crippen LogP contribution in [0.5, 0.6) is 5.75 Å². The lowest BCUT2D eigenvalue weighted by Crippen LogP contribution is -1.97. The molecule has 0 saturated heterocycles. The lowest BCUT2D eigenvalue weighted by Gasteiger charge is -2.06. The van der Waals surface area contributed by atoms with Crippen molar-refractivity contribution in [3.05, 3.63) is 41.0 Å². The Bertz CT molecular complexity index is 504. The van der Waals surface area contributed by atoms with Crippen molar-refractivity contribution in [2.75, 3.05) is 6.61 Å². The molecule has 1 aromatic heterocycles. The molecule has 76 valence electrons. The van der Waals surface area contributed by atoms with Crippen molar-refractivity contribution in [3.63, 3.8) is 0 Å². The van der Waals surface area contributed by atoms with Gasteiger partial charge >= 0.3 is 0 Å². The lowest BCUT2D eigenvalue weighted by atomic mass is 10.1. The van der Waals surface area contributed by atoms with Crippen LogP contribution in [0.15, 0.2) is 30.5 Å². The molecule has 0 spiro atoms. The van der Waals surface area contributed by atoms with Gasteiger partial charge < -0.3 is 9.72 Å². The van der Waals surface area contributed by atoms with Gasteiger partial charge in [0, 0.05) is 23.2 Å². The van der Waals surface area contributed by atoms with Crippen molar-refractivity contribution >= 4 is 11.6 Å². The van der Waals surface area contributed by atoms with E-state index in [4.69, 9.17) is 16.3 Å². The Morgan fingerprint density at radius 2 is 2.20 bits per heavy atom. The van der Waals surface area contributed by atoms with E-state index < -0.39 is 0 Å². The van der Waals surface area contributed by atoms with E-state index >= 15 is 0 Å². The molecular formula is C12H10ClNO. The summed E-state index contributed by atoms with van der Waals surface area (Å²) in [4.78, 5) is 3.24. The van der Waals surface area contributed by atoms with Gasteiger partial charge in [0.05, 0.1) is 12.3 Å². The smallest absolute Gasteiger partial charge is 0.128 e. The van der Waals surface area contributed by atoms with E-state index in [1.807, 2.05) is 24.4 Å². The molecule has 0 fully saturated rings. The predicted octanol–water partition coefficient (Wildman–Crippen LogP) is 3.27. The highest BCUT2D eigenvalue weighted by atomic mass is 35.5. The second-order valence-corrected chi connectivity index (χ2v) is 4.05. The van der Waals surface area contributed by atoms with Gasteiger partial charge in [-0.15, -0.1) is 0 Å². The molecule has 2 heterocycles. The Kier molecular flexibility index (Phi) is 1.96. The van der Waals surface area contributed by atoms with Crippen LogP contribution in [0.3, 0.4) is 0 Å². The standard InChI is InChI=1S/C12H10ClNO/c13-9-1-2-11-10(7-9)12-8(3-5-14-12)4-6-15-11/h1-3,5,7,14H,4,6H2. The van der Waals surface area contributed by atoms with Crippen LogP contribution in [0.1, 0.15) is 5.56 Å². The summed E-state index contributed by atoms with van der Waals surface area (Å²) >= 11 is 5.99. The van der Waals surface area contributed by atoms with Crippen LogP contribution in [0.4, 0.5) is 0 Å². The molecule has 0 amide bonds. The van der Waals surface area contributed by atoms with Crippen LogP contribution < -0.4 is 4.74 Å². The largest absolute Gasteiger partial charge is 0.493 e. The fraction of sp³-hybridized carbons (Fsp3) is 0.167. The molecule has 1 aromatic carbocycles. The van der Waals surface area contributed by atoms with Crippen LogP contribution in [-0.4, -0.2) is 11.6 Å². The first-order valence-corrected chi connectivity index (χ1v) is 5.31. The zero-order valence-electron chi connectivity index (χ0n) is 8.09. The summed E-state index contributed by atoms with van der Waals surface area (Å²) in [6, 6.07) is 7.81. The maximum absolute atomic E-state index is 5.99. The van der Waals surface area contributed by atoms with E-state index in [1.54, 1.807) is 0 Å². The van der Waals surface area contributed by atoms with E-state index in [2.05, 4.69) is 11.1 Å². The van der Waals surface area contributed by atoms with Crippen LogP contribution >= 0.6 is 11.6 Å². The van der Waals surface area contributed by atoms with Crippen LogP contribution in [0.25, 0.3) is 11.3 Å². The third-order valence-electron chi connectivity index (χ3n) is 2.67. The molecule has 0 atom stereocenters. The van der Waals surface area contributed by atoms with Gasteiger partial charge in [-0.2, -0.15) is 0 Å². The van der Waals surface area contributed by atoms with Gasteiger partial charge in [-0.25, -0.2) is 0 Å². The molecule has 2 aromatic rings.